The van der Waals surface area contributed by atoms with E-state index >= 15 is 0 Å². The maximum absolute atomic E-state index is 12.4. The molecular weight excluding hydrogens is 370 g/mol. The maximum atomic E-state index is 12.4. The van der Waals surface area contributed by atoms with Gasteiger partial charge in [0, 0.05) is 0 Å². The predicted molar refractivity (Wildman–Crippen MR) is 104 cm³/mol. The van der Waals surface area contributed by atoms with E-state index in [1.165, 1.54) is 4.57 Å². The van der Waals surface area contributed by atoms with Gasteiger partial charge in [-0.1, -0.05) is 64.8 Å². The Morgan fingerprint density at radius 1 is 0.586 bits per heavy atom. The number of nitrogens with zero attached hydrogens (tertiary/aromatic N) is 3. The van der Waals surface area contributed by atoms with E-state index in [0.29, 0.717) is 16.8 Å². The molecule has 1 heterocycles. The lowest BCUT2D eigenvalue weighted by Crippen LogP contribution is -2.14. The summed E-state index contributed by atoms with van der Waals surface area (Å²) in [6, 6.07) is 25.7. The molecule has 0 spiro atoms. The Morgan fingerprint density at radius 2 is 0.966 bits per heavy atom. The Morgan fingerprint density at radius 3 is 1.38 bits per heavy atom. The topological polar surface area (TPSA) is 83.3 Å². The largest absolute Gasteiger partial charge is 0.387 e. The van der Waals surface area contributed by atoms with Crippen LogP contribution in [0.1, 0.15) is 20.7 Å². The molecule has 0 saturated carbocycles. The average Bonchev–Trinajstić information content (AvgIpc) is 3.17. The summed E-state index contributed by atoms with van der Waals surface area (Å²) < 4.78 is 12.2. The number of carbonyl (C=O) groups is 2. The van der Waals surface area contributed by atoms with Crippen LogP contribution in [0, 0.1) is 0 Å². The first-order valence-electron chi connectivity index (χ1n) is 8.77. The molecule has 0 N–H and O–H groups in total. The van der Waals surface area contributed by atoms with Crippen LogP contribution in [0.2, 0.25) is 0 Å². The van der Waals surface area contributed by atoms with Gasteiger partial charge in [0.05, 0.1) is 16.8 Å². The van der Waals surface area contributed by atoms with Crippen molar-refractivity contribution in [1.29, 1.82) is 0 Å². The number of ether oxygens (including phenoxy) is 2. The van der Waals surface area contributed by atoms with Crippen molar-refractivity contribution in [2.24, 2.45) is 0 Å². The third-order valence-electron chi connectivity index (χ3n) is 4.01. The third-order valence-corrected chi connectivity index (χ3v) is 4.01. The van der Waals surface area contributed by atoms with Crippen LogP contribution in [0.4, 0.5) is 0 Å². The van der Waals surface area contributed by atoms with E-state index in [2.05, 4.69) is 10.2 Å². The van der Waals surface area contributed by atoms with Crippen molar-refractivity contribution < 1.29 is 19.1 Å². The fourth-order valence-electron chi connectivity index (χ4n) is 2.62. The number of benzene rings is 3. The molecule has 0 amide bonds. The minimum Gasteiger partial charge on any atom is -0.387 e. The highest BCUT2D eigenvalue weighted by atomic mass is 16.6. The van der Waals surface area contributed by atoms with E-state index in [4.69, 9.17) is 9.47 Å². The van der Waals surface area contributed by atoms with Gasteiger partial charge >= 0.3 is 24.0 Å². The molecule has 0 atom stereocenters. The van der Waals surface area contributed by atoms with Crippen LogP contribution in [0.15, 0.2) is 91.0 Å². The number of para-hydroxylation sites is 1. The van der Waals surface area contributed by atoms with Gasteiger partial charge < -0.3 is 9.47 Å². The van der Waals surface area contributed by atoms with Gasteiger partial charge in [-0.05, 0) is 36.4 Å². The number of hydrogen-bond donors (Lipinski definition) is 0. The van der Waals surface area contributed by atoms with Crippen LogP contribution >= 0.6 is 0 Å². The molecule has 4 aromatic rings. The lowest BCUT2D eigenvalue weighted by molar-refractivity contribution is 0.0710. The van der Waals surface area contributed by atoms with Crippen molar-refractivity contribution in [3.8, 4) is 17.7 Å². The molecular formula is C22H15N3O4. The smallest absolute Gasteiger partial charge is 0.345 e. The second-order valence-electron chi connectivity index (χ2n) is 5.95. The Labute approximate surface area is 166 Å². The number of hydrogen-bond acceptors (Lipinski definition) is 6. The molecule has 1 aromatic heterocycles. The standard InChI is InChI=1S/C22H15N3O4/c26-19(16-10-4-1-5-11-16)28-21-23-24-22(25(21)18-14-8-3-9-15-18)29-20(27)17-12-6-2-7-13-17/h1-15H. The number of aromatic nitrogens is 3. The minimum atomic E-state index is -0.601. The second-order valence-corrected chi connectivity index (χ2v) is 5.95. The van der Waals surface area contributed by atoms with Gasteiger partial charge in [-0.15, -0.1) is 0 Å². The molecule has 0 fully saturated rings. The zero-order valence-corrected chi connectivity index (χ0v) is 15.1. The van der Waals surface area contributed by atoms with Gasteiger partial charge in [0.15, 0.2) is 0 Å². The van der Waals surface area contributed by atoms with Crippen molar-refractivity contribution in [2.45, 2.75) is 0 Å². The SMILES string of the molecule is O=C(Oc1nnc(OC(=O)c2ccccc2)n1-c1ccccc1)c1ccccc1. The lowest BCUT2D eigenvalue weighted by atomic mass is 10.2. The van der Waals surface area contributed by atoms with Crippen LogP contribution in [0.25, 0.3) is 5.69 Å². The normalized spacial score (nSPS) is 10.3. The quantitative estimate of drug-likeness (QED) is 0.487. The highest BCUT2D eigenvalue weighted by Gasteiger charge is 2.22. The Balaban J connectivity index is 1.67. The Kier molecular flexibility index (Phi) is 5.11. The maximum Gasteiger partial charge on any atom is 0.345 e. The van der Waals surface area contributed by atoms with E-state index in [1.807, 2.05) is 6.07 Å². The monoisotopic (exact) mass is 385 g/mol. The molecule has 0 aliphatic heterocycles. The molecule has 0 radical (unpaired) electrons. The van der Waals surface area contributed by atoms with Crippen LogP contribution in [-0.2, 0) is 0 Å². The summed E-state index contributed by atoms with van der Waals surface area (Å²) >= 11 is 0. The van der Waals surface area contributed by atoms with Gasteiger partial charge in [0.25, 0.3) is 0 Å². The van der Waals surface area contributed by atoms with E-state index in [9.17, 15) is 9.59 Å². The molecule has 0 saturated heterocycles. The Bertz CT molecular complexity index is 1060. The number of carbonyl (C=O) groups excluding carboxylic acids is 2. The summed E-state index contributed by atoms with van der Waals surface area (Å²) in [7, 11) is 0. The fourth-order valence-corrected chi connectivity index (χ4v) is 2.62. The van der Waals surface area contributed by atoms with Gasteiger partial charge in [-0.2, -0.15) is 0 Å². The lowest BCUT2D eigenvalue weighted by Gasteiger charge is -2.10. The first kappa shape index (κ1) is 18.1. The molecule has 0 aliphatic rings. The first-order chi connectivity index (χ1) is 14.2. The highest BCUT2D eigenvalue weighted by Crippen LogP contribution is 2.25. The van der Waals surface area contributed by atoms with E-state index in [0.717, 1.165) is 0 Å². The summed E-state index contributed by atoms with van der Waals surface area (Å²) in [5.74, 6) is -1.20. The molecule has 29 heavy (non-hydrogen) atoms. The predicted octanol–water partition coefficient (Wildman–Crippen LogP) is 3.71. The van der Waals surface area contributed by atoms with Crippen LogP contribution in [0.3, 0.4) is 0 Å². The van der Waals surface area contributed by atoms with Crippen molar-refractivity contribution >= 4 is 11.9 Å². The minimum absolute atomic E-state index is 0.110. The van der Waals surface area contributed by atoms with Crippen molar-refractivity contribution in [2.75, 3.05) is 0 Å². The summed E-state index contributed by atoms with van der Waals surface area (Å²) in [5.41, 5.74) is 1.29. The molecule has 7 heteroatoms. The van der Waals surface area contributed by atoms with Crippen LogP contribution in [-0.4, -0.2) is 26.7 Å². The molecule has 0 aliphatic carbocycles. The highest BCUT2D eigenvalue weighted by molar-refractivity contribution is 5.91. The molecule has 0 bridgehead atoms. The summed E-state index contributed by atoms with van der Waals surface area (Å²) in [6.07, 6.45) is 0. The van der Waals surface area contributed by atoms with Gasteiger partial charge in [-0.3, -0.25) is 0 Å². The second kappa shape index (κ2) is 8.18. The van der Waals surface area contributed by atoms with Gasteiger partial charge in [0.1, 0.15) is 0 Å². The molecule has 3 aromatic carbocycles. The van der Waals surface area contributed by atoms with Crippen LogP contribution in [0.5, 0.6) is 12.0 Å². The van der Waals surface area contributed by atoms with E-state index < -0.39 is 11.9 Å². The third kappa shape index (κ3) is 4.03. The van der Waals surface area contributed by atoms with Crippen molar-refractivity contribution in [3.63, 3.8) is 0 Å². The summed E-state index contributed by atoms with van der Waals surface area (Å²) in [5, 5.41) is 7.79. The molecule has 7 nitrogen and oxygen atoms in total. The van der Waals surface area contributed by atoms with Crippen molar-refractivity contribution in [1.82, 2.24) is 14.8 Å². The molecule has 0 unspecified atom stereocenters. The molecule has 4 rings (SSSR count). The fraction of sp³-hybridized carbons (Fsp3) is 0. The van der Waals surface area contributed by atoms with Crippen molar-refractivity contribution in [3.05, 3.63) is 102 Å². The first-order valence-corrected chi connectivity index (χ1v) is 8.77. The average molecular weight is 385 g/mol. The number of rotatable bonds is 5. The molecule has 142 valence electrons. The zero-order valence-electron chi connectivity index (χ0n) is 15.1. The van der Waals surface area contributed by atoms with Crippen LogP contribution < -0.4 is 9.47 Å². The Hall–Kier alpha value is -4.26. The summed E-state index contributed by atoms with van der Waals surface area (Å²) in [4.78, 5) is 24.9. The summed E-state index contributed by atoms with van der Waals surface area (Å²) in [6.45, 7) is 0. The van der Waals surface area contributed by atoms with Gasteiger partial charge in [-0.25, -0.2) is 14.2 Å². The van der Waals surface area contributed by atoms with Gasteiger partial charge in [0.2, 0.25) is 0 Å². The number of esters is 2. The van der Waals surface area contributed by atoms with E-state index in [-0.39, 0.29) is 12.0 Å². The van der Waals surface area contributed by atoms with E-state index in [1.54, 1.807) is 84.9 Å². The zero-order chi connectivity index (χ0) is 20.1.